The molecule has 0 unspecified atom stereocenters. The lowest BCUT2D eigenvalue weighted by Gasteiger charge is -2.06. The molecule has 0 radical (unpaired) electrons. The molecule has 2 atom stereocenters. The number of benzene rings is 1. The van der Waals surface area contributed by atoms with Gasteiger partial charge in [0.15, 0.2) is 0 Å². The van der Waals surface area contributed by atoms with Crippen molar-refractivity contribution < 1.29 is 8.78 Å². The molecule has 0 heterocycles. The van der Waals surface area contributed by atoms with E-state index in [4.69, 9.17) is 17.3 Å². The third kappa shape index (κ3) is 1.45. The molecule has 1 fully saturated rings. The van der Waals surface area contributed by atoms with E-state index in [0.29, 0.717) is 5.56 Å². The third-order valence-electron chi connectivity index (χ3n) is 3.31. The van der Waals surface area contributed by atoms with Crippen LogP contribution in [0.15, 0.2) is 12.1 Å². The molecule has 0 spiro atoms. The summed E-state index contributed by atoms with van der Waals surface area (Å²) >= 11 is 5.50. The van der Waals surface area contributed by atoms with Crippen LogP contribution >= 0.6 is 11.6 Å². The van der Waals surface area contributed by atoms with Gasteiger partial charge in [-0.25, -0.2) is 8.78 Å². The summed E-state index contributed by atoms with van der Waals surface area (Å²) in [6.45, 7) is 3.91. The van der Waals surface area contributed by atoms with Crippen molar-refractivity contribution in [3.05, 3.63) is 34.4 Å². The van der Waals surface area contributed by atoms with E-state index >= 15 is 0 Å². The Balaban J connectivity index is 2.44. The van der Waals surface area contributed by atoms with Gasteiger partial charge >= 0.3 is 0 Å². The summed E-state index contributed by atoms with van der Waals surface area (Å²) in [5.41, 5.74) is 6.11. The van der Waals surface area contributed by atoms with Crippen molar-refractivity contribution in [2.45, 2.75) is 25.8 Å². The molecule has 1 saturated carbocycles. The molecule has 1 aliphatic rings. The van der Waals surface area contributed by atoms with E-state index in [1.54, 1.807) is 0 Å². The molecule has 4 heteroatoms. The smallest absolute Gasteiger partial charge is 0.148 e. The van der Waals surface area contributed by atoms with Gasteiger partial charge in [0.1, 0.15) is 16.7 Å². The molecule has 2 N–H and O–H groups in total. The number of hydrogen-bond acceptors (Lipinski definition) is 1. The minimum absolute atomic E-state index is 0.0735. The summed E-state index contributed by atoms with van der Waals surface area (Å²) < 4.78 is 26.6. The Morgan fingerprint density at radius 2 is 1.87 bits per heavy atom. The molecule has 0 amide bonds. The predicted octanol–water partition coefficient (Wildman–Crippen LogP) is 3.07. The van der Waals surface area contributed by atoms with Crippen LogP contribution in [-0.2, 0) is 0 Å². The summed E-state index contributed by atoms with van der Waals surface area (Å²) in [5, 5.41) is -0.442. The molecule has 15 heavy (non-hydrogen) atoms. The fourth-order valence-electron chi connectivity index (χ4n) is 2.05. The molecule has 1 nitrogen and oxygen atoms in total. The SMILES string of the molecule is CC1(C)[C@@H](N)[C@@H]1c1ccc(F)c(Cl)c1F. The summed E-state index contributed by atoms with van der Waals surface area (Å²) in [5.74, 6) is -1.48. The zero-order valence-corrected chi connectivity index (χ0v) is 9.28. The number of hydrogen-bond donors (Lipinski definition) is 1. The van der Waals surface area contributed by atoms with Crippen molar-refractivity contribution in [3.63, 3.8) is 0 Å². The molecule has 2 rings (SSSR count). The lowest BCUT2D eigenvalue weighted by molar-refractivity contribution is 0.554. The van der Waals surface area contributed by atoms with Crippen molar-refractivity contribution in [1.82, 2.24) is 0 Å². The minimum atomic E-state index is -0.732. The molecular weight excluding hydrogens is 220 g/mol. The van der Waals surface area contributed by atoms with E-state index in [1.807, 2.05) is 13.8 Å². The normalized spacial score (nSPS) is 27.9. The highest BCUT2D eigenvalue weighted by atomic mass is 35.5. The first kappa shape index (κ1) is 10.8. The first-order chi connectivity index (χ1) is 6.87. The van der Waals surface area contributed by atoms with Crippen LogP contribution in [0.2, 0.25) is 5.02 Å². The topological polar surface area (TPSA) is 26.0 Å². The second-order valence-corrected chi connectivity index (χ2v) is 4.97. The molecule has 0 aliphatic heterocycles. The number of nitrogens with two attached hydrogens (primary N) is 1. The van der Waals surface area contributed by atoms with Gasteiger partial charge in [-0.15, -0.1) is 0 Å². The Bertz CT molecular complexity index is 417. The van der Waals surface area contributed by atoms with Crippen molar-refractivity contribution in [2.24, 2.45) is 11.1 Å². The summed E-state index contributed by atoms with van der Waals surface area (Å²) in [4.78, 5) is 0. The summed E-state index contributed by atoms with van der Waals surface area (Å²) in [7, 11) is 0. The maximum absolute atomic E-state index is 13.6. The van der Waals surface area contributed by atoms with Crippen LogP contribution in [0.25, 0.3) is 0 Å². The molecule has 1 aromatic rings. The van der Waals surface area contributed by atoms with Crippen LogP contribution < -0.4 is 5.73 Å². The van der Waals surface area contributed by atoms with Gasteiger partial charge in [0, 0.05) is 12.0 Å². The fourth-order valence-corrected chi connectivity index (χ4v) is 2.22. The first-order valence-electron chi connectivity index (χ1n) is 4.76. The lowest BCUT2D eigenvalue weighted by atomic mass is 10.0. The minimum Gasteiger partial charge on any atom is -0.327 e. The predicted molar refractivity (Wildman–Crippen MR) is 55.9 cm³/mol. The van der Waals surface area contributed by atoms with Gasteiger partial charge in [-0.05, 0) is 17.0 Å². The van der Waals surface area contributed by atoms with Crippen molar-refractivity contribution in [2.75, 3.05) is 0 Å². The van der Waals surface area contributed by atoms with E-state index in [2.05, 4.69) is 0 Å². The Morgan fingerprint density at radius 1 is 1.33 bits per heavy atom. The lowest BCUT2D eigenvalue weighted by Crippen LogP contribution is -2.06. The molecule has 0 aromatic heterocycles. The van der Waals surface area contributed by atoms with Gasteiger partial charge in [0.2, 0.25) is 0 Å². The van der Waals surface area contributed by atoms with Crippen LogP contribution in [0.5, 0.6) is 0 Å². The van der Waals surface area contributed by atoms with Gasteiger partial charge < -0.3 is 5.73 Å². The molecular formula is C11H12ClF2N. The van der Waals surface area contributed by atoms with Crippen molar-refractivity contribution >= 4 is 11.6 Å². The summed E-state index contributed by atoms with van der Waals surface area (Å²) in [6.07, 6.45) is 0. The Morgan fingerprint density at radius 3 is 2.33 bits per heavy atom. The summed E-state index contributed by atoms with van der Waals surface area (Å²) in [6, 6.07) is 2.52. The fraction of sp³-hybridized carbons (Fsp3) is 0.455. The largest absolute Gasteiger partial charge is 0.327 e. The van der Waals surface area contributed by atoms with E-state index in [-0.39, 0.29) is 17.4 Å². The van der Waals surface area contributed by atoms with E-state index in [1.165, 1.54) is 12.1 Å². The second kappa shape index (κ2) is 3.16. The zero-order valence-electron chi connectivity index (χ0n) is 8.52. The highest BCUT2D eigenvalue weighted by Gasteiger charge is 2.57. The van der Waals surface area contributed by atoms with Crippen LogP contribution in [0.4, 0.5) is 8.78 Å². The Hall–Kier alpha value is -0.670. The average molecular weight is 232 g/mol. The van der Waals surface area contributed by atoms with Gasteiger partial charge in [-0.2, -0.15) is 0 Å². The maximum atomic E-state index is 13.6. The number of rotatable bonds is 1. The van der Waals surface area contributed by atoms with Crippen LogP contribution in [0.3, 0.4) is 0 Å². The standard InChI is InChI=1S/C11H12ClF2N/c1-11(2)7(10(11)15)5-3-4-6(13)8(12)9(5)14/h3-4,7,10H,15H2,1-2H3/t7-,10-/m0/s1. The van der Waals surface area contributed by atoms with Crippen LogP contribution in [0.1, 0.15) is 25.3 Å². The maximum Gasteiger partial charge on any atom is 0.148 e. The molecule has 1 aromatic carbocycles. The van der Waals surface area contributed by atoms with E-state index < -0.39 is 16.7 Å². The first-order valence-corrected chi connectivity index (χ1v) is 5.14. The van der Waals surface area contributed by atoms with Crippen LogP contribution in [-0.4, -0.2) is 6.04 Å². The average Bonchev–Trinajstić information content (AvgIpc) is 2.64. The van der Waals surface area contributed by atoms with Crippen molar-refractivity contribution in [3.8, 4) is 0 Å². The van der Waals surface area contributed by atoms with E-state index in [9.17, 15) is 8.78 Å². The highest BCUT2D eigenvalue weighted by molar-refractivity contribution is 6.31. The van der Waals surface area contributed by atoms with Crippen LogP contribution in [0, 0.1) is 17.0 Å². The quantitative estimate of drug-likeness (QED) is 0.739. The zero-order chi connectivity index (χ0) is 11.4. The van der Waals surface area contributed by atoms with Gasteiger partial charge in [-0.1, -0.05) is 31.5 Å². The Kier molecular flexibility index (Phi) is 2.28. The monoisotopic (exact) mass is 231 g/mol. The molecule has 0 saturated heterocycles. The van der Waals surface area contributed by atoms with Gasteiger partial charge in [0.25, 0.3) is 0 Å². The molecule has 82 valence electrons. The Labute approximate surface area is 92.2 Å². The number of halogens is 3. The molecule has 1 aliphatic carbocycles. The highest BCUT2D eigenvalue weighted by Crippen LogP contribution is 2.58. The molecule has 0 bridgehead atoms. The van der Waals surface area contributed by atoms with Gasteiger partial charge in [-0.3, -0.25) is 0 Å². The second-order valence-electron chi connectivity index (χ2n) is 4.59. The van der Waals surface area contributed by atoms with Gasteiger partial charge in [0.05, 0.1) is 0 Å². The third-order valence-corrected chi connectivity index (χ3v) is 3.66. The van der Waals surface area contributed by atoms with Crippen molar-refractivity contribution in [1.29, 1.82) is 0 Å². The van der Waals surface area contributed by atoms with E-state index in [0.717, 1.165) is 0 Å².